The van der Waals surface area contributed by atoms with Gasteiger partial charge in [0.1, 0.15) is 0 Å². The van der Waals surface area contributed by atoms with Crippen molar-refractivity contribution in [3.63, 3.8) is 0 Å². The molecule has 2 aromatic rings. The third-order valence-electron chi connectivity index (χ3n) is 4.99. The van der Waals surface area contributed by atoms with Crippen molar-refractivity contribution in [2.75, 3.05) is 13.1 Å². The number of rotatable bonds is 5. The Balaban J connectivity index is 1.35. The molecule has 7 nitrogen and oxygen atoms in total. The molecule has 22 heavy (non-hydrogen) atoms. The normalized spacial score (nSPS) is 22.0. The number of piperidine rings is 1. The molecule has 1 aliphatic heterocycles. The Morgan fingerprint density at radius 1 is 1.23 bits per heavy atom. The van der Waals surface area contributed by atoms with E-state index < -0.39 is 0 Å². The highest BCUT2D eigenvalue weighted by Crippen LogP contribution is 2.36. The Morgan fingerprint density at radius 2 is 2.05 bits per heavy atom. The molecular formula is C15H23N7. The molecule has 2 aliphatic rings. The lowest BCUT2D eigenvalue weighted by atomic mass is 9.96. The van der Waals surface area contributed by atoms with Gasteiger partial charge in [-0.3, -0.25) is 9.58 Å². The second-order valence-electron chi connectivity index (χ2n) is 6.60. The van der Waals surface area contributed by atoms with Gasteiger partial charge in [-0.2, -0.15) is 5.10 Å². The Hall–Kier alpha value is -1.76. The molecule has 0 spiro atoms. The van der Waals surface area contributed by atoms with E-state index in [1.807, 2.05) is 16.9 Å². The van der Waals surface area contributed by atoms with E-state index in [1.54, 1.807) is 0 Å². The van der Waals surface area contributed by atoms with Crippen LogP contribution >= 0.6 is 0 Å². The maximum absolute atomic E-state index is 4.32. The lowest BCUT2D eigenvalue weighted by Gasteiger charge is -2.35. The second-order valence-corrected chi connectivity index (χ2v) is 6.60. The molecule has 4 rings (SSSR count). The van der Waals surface area contributed by atoms with Crippen molar-refractivity contribution in [1.82, 2.24) is 34.9 Å². The van der Waals surface area contributed by atoms with Gasteiger partial charge in [0.25, 0.3) is 0 Å². The van der Waals surface area contributed by atoms with Crippen LogP contribution in [0.5, 0.6) is 0 Å². The minimum Gasteiger partial charge on any atom is -0.294 e. The lowest BCUT2D eigenvalue weighted by Crippen LogP contribution is -2.37. The van der Waals surface area contributed by atoms with Crippen molar-refractivity contribution in [1.29, 1.82) is 0 Å². The van der Waals surface area contributed by atoms with E-state index in [0.717, 1.165) is 31.4 Å². The third kappa shape index (κ3) is 2.77. The predicted molar refractivity (Wildman–Crippen MR) is 81.0 cm³/mol. The van der Waals surface area contributed by atoms with Crippen LogP contribution < -0.4 is 0 Å². The highest BCUT2D eigenvalue weighted by Gasteiger charge is 2.32. The van der Waals surface area contributed by atoms with Crippen molar-refractivity contribution in [3.05, 3.63) is 24.3 Å². The summed E-state index contributed by atoms with van der Waals surface area (Å²) >= 11 is 0. The fourth-order valence-electron chi connectivity index (χ4n) is 3.41. The Labute approximate surface area is 130 Å². The molecule has 1 saturated carbocycles. The Kier molecular flexibility index (Phi) is 3.65. The Morgan fingerprint density at radius 3 is 2.73 bits per heavy atom. The fourth-order valence-corrected chi connectivity index (χ4v) is 3.41. The number of hydrogen-bond acceptors (Lipinski definition) is 5. The van der Waals surface area contributed by atoms with Crippen molar-refractivity contribution < 1.29 is 0 Å². The number of likely N-dealkylation sites (tertiary alicyclic amines) is 1. The topological polar surface area (TPSA) is 64.7 Å². The minimum absolute atomic E-state index is 0.307. The molecule has 1 saturated heterocycles. The van der Waals surface area contributed by atoms with E-state index in [-0.39, 0.29) is 0 Å². The molecule has 0 aromatic carbocycles. The molecule has 2 fully saturated rings. The highest BCUT2D eigenvalue weighted by molar-refractivity contribution is 4.97. The quantitative estimate of drug-likeness (QED) is 0.840. The number of nitrogens with zero attached hydrogens (tertiary/aromatic N) is 7. The Bertz CT molecular complexity index is 593. The van der Waals surface area contributed by atoms with Crippen LogP contribution in [0.2, 0.25) is 0 Å². The summed E-state index contributed by atoms with van der Waals surface area (Å²) in [4.78, 5) is 2.52. The molecule has 0 bridgehead atoms. The van der Waals surface area contributed by atoms with Gasteiger partial charge in [0.05, 0.1) is 12.1 Å². The molecule has 0 unspecified atom stereocenters. The van der Waals surface area contributed by atoms with Gasteiger partial charge in [0, 0.05) is 18.9 Å². The predicted octanol–water partition coefficient (Wildman–Crippen LogP) is 1.68. The van der Waals surface area contributed by atoms with Crippen LogP contribution in [0.1, 0.15) is 50.5 Å². The van der Waals surface area contributed by atoms with Crippen LogP contribution in [0, 0.1) is 5.92 Å². The monoisotopic (exact) mass is 301 g/mol. The minimum atomic E-state index is 0.307. The van der Waals surface area contributed by atoms with Gasteiger partial charge in [0.15, 0.2) is 5.82 Å². The van der Waals surface area contributed by atoms with Gasteiger partial charge in [-0.05, 0) is 68.1 Å². The molecule has 2 aromatic heterocycles. The summed E-state index contributed by atoms with van der Waals surface area (Å²) in [5.41, 5.74) is 0. The zero-order valence-corrected chi connectivity index (χ0v) is 13.0. The van der Waals surface area contributed by atoms with Crippen LogP contribution in [-0.4, -0.2) is 48.0 Å². The zero-order valence-electron chi connectivity index (χ0n) is 13.0. The van der Waals surface area contributed by atoms with E-state index in [9.17, 15) is 0 Å². The number of tetrazole rings is 1. The van der Waals surface area contributed by atoms with Gasteiger partial charge < -0.3 is 0 Å². The largest absolute Gasteiger partial charge is 0.294 e. The summed E-state index contributed by atoms with van der Waals surface area (Å²) in [6.45, 7) is 5.50. The van der Waals surface area contributed by atoms with Crippen molar-refractivity contribution >= 4 is 0 Å². The fraction of sp³-hybridized carbons (Fsp3) is 0.733. The first-order chi connectivity index (χ1) is 10.8. The SMILES string of the molecule is C[C@H](c1nnnn1C1CC1)N1CCC(Cn2cccn2)CC1. The third-order valence-corrected chi connectivity index (χ3v) is 4.99. The molecule has 1 atom stereocenters. The summed E-state index contributed by atoms with van der Waals surface area (Å²) in [5, 5.41) is 16.7. The summed E-state index contributed by atoms with van der Waals surface area (Å²) < 4.78 is 4.10. The maximum Gasteiger partial charge on any atom is 0.168 e. The summed E-state index contributed by atoms with van der Waals surface area (Å²) in [5.74, 6) is 1.76. The van der Waals surface area contributed by atoms with Crippen LogP contribution in [0.25, 0.3) is 0 Å². The second kappa shape index (κ2) is 5.79. The van der Waals surface area contributed by atoms with Crippen LogP contribution in [0.15, 0.2) is 18.5 Å². The molecule has 0 amide bonds. The first-order valence-corrected chi connectivity index (χ1v) is 8.30. The van der Waals surface area contributed by atoms with Gasteiger partial charge in [-0.25, -0.2) is 4.68 Å². The van der Waals surface area contributed by atoms with Crippen LogP contribution in [-0.2, 0) is 6.54 Å². The van der Waals surface area contributed by atoms with Crippen molar-refractivity contribution in [2.45, 2.75) is 51.2 Å². The summed E-state index contributed by atoms with van der Waals surface area (Å²) in [6, 6.07) is 2.85. The smallest absolute Gasteiger partial charge is 0.168 e. The maximum atomic E-state index is 4.32. The average Bonchev–Trinajstić information content (AvgIpc) is 3.06. The zero-order chi connectivity index (χ0) is 14.9. The molecule has 7 heteroatoms. The van der Waals surface area contributed by atoms with Gasteiger partial charge in [-0.15, -0.1) is 5.10 Å². The number of aromatic nitrogens is 6. The van der Waals surface area contributed by atoms with Crippen LogP contribution in [0.3, 0.4) is 0 Å². The summed E-state index contributed by atoms with van der Waals surface area (Å²) in [7, 11) is 0. The van der Waals surface area contributed by atoms with Crippen LogP contribution in [0.4, 0.5) is 0 Å². The van der Waals surface area contributed by atoms with E-state index in [1.165, 1.54) is 25.7 Å². The number of hydrogen-bond donors (Lipinski definition) is 0. The molecule has 0 radical (unpaired) electrons. The van der Waals surface area contributed by atoms with Gasteiger partial charge in [0.2, 0.25) is 0 Å². The van der Waals surface area contributed by atoms with E-state index >= 15 is 0 Å². The molecule has 0 N–H and O–H groups in total. The van der Waals surface area contributed by atoms with E-state index in [0.29, 0.717) is 12.1 Å². The van der Waals surface area contributed by atoms with E-state index in [4.69, 9.17) is 0 Å². The molecule has 3 heterocycles. The molecular weight excluding hydrogens is 278 g/mol. The van der Waals surface area contributed by atoms with Gasteiger partial charge >= 0.3 is 0 Å². The highest BCUT2D eigenvalue weighted by atomic mass is 15.6. The molecule has 118 valence electrons. The average molecular weight is 301 g/mol. The first-order valence-electron chi connectivity index (χ1n) is 8.30. The van der Waals surface area contributed by atoms with Crippen molar-refractivity contribution in [2.24, 2.45) is 5.92 Å². The first kappa shape index (κ1) is 13.9. The molecule has 1 aliphatic carbocycles. The van der Waals surface area contributed by atoms with Crippen molar-refractivity contribution in [3.8, 4) is 0 Å². The lowest BCUT2D eigenvalue weighted by molar-refractivity contribution is 0.125. The standard InChI is InChI=1S/C15H23N7/c1-12(15-17-18-19-22(15)14-3-4-14)20-9-5-13(6-10-20)11-21-8-2-7-16-21/h2,7-8,12-14H,3-6,9-11H2,1H3/t12-/m1/s1. The van der Waals surface area contributed by atoms with Gasteiger partial charge in [-0.1, -0.05) is 0 Å². The van der Waals surface area contributed by atoms with E-state index in [2.05, 4.69) is 43.3 Å². The summed E-state index contributed by atoms with van der Waals surface area (Å²) in [6.07, 6.45) is 8.78.